The zero-order chi connectivity index (χ0) is 39.8. The lowest BCUT2D eigenvalue weighted by Gasteiger charge is -2.29. The van der Waals surface area contributed by atoms with Gasteiger partial charge < -0.3 is 34.2 Å². The van der Waals surface area contributed by atoms with Crippen LogP contribution >= 0.6 is 11.3 Å². The highest BCUT2D eigenvalue weighted by atomic mass is 32.1. The number of carbonyl (C=O) groups excluding carboxylic acids is 3. The first-order chi connectivity index (χ1) is 24.4. The second-order valence-corrected chi connectivity index (χ2v) is 16.1. The topological polar surface area (TPSA) is 193 Å². The van der Waals surface area contributed by atoms with Crippen LogP contribution in [0.5, 0.6) is 5.75 Å². The lowest BCUT2D eigenvalue weighted by Crippen LogP contribution is -2.47. The first-order valence-corrected chi connectivity index (χ1v) is 17.8. The number of rotatable bonds is 14. The highest BCUT2D eigenvalue weighted by molar-refractivity contribution is 7.14. The van der Waals surface area contributed by atoms with Gasteiger partial charge in [0.1, 0.15) is 34.9 Å². The van der Waals surface area contributed by atoms with Crippen LogP contribution in [0.25, 0.3) is 11.1 Å². The van der Waals surface area contributed by atoms with Crippen molar-refractivity contribution in [1.29, 1.82) is 0 Å². The summed E-state index contributed by atoms with van der Waals surface area (Å²) in [5.41, 5.74) is -2.97. The number of carbonyl (C=O) groups is 4. The van der Waals surface area contributed by atoms with Crippen molar-refractivity contribution in [2.75, 3.05) is 18.5 Å². The third-order valence-electron chi connectivity index (χ3n) is 6.68. The number of aliphatic carboxylic acids is 1. The van der Waals surface area contributed by atoms with Gasteiger partial charge in [-0.1, -0.05) is 17.3 Å². The van der Waals surface area contributed by atoms with E-state index in [0.717, 1.165) is 22.5 Å². The Balaban J connectivity index is 1.71. The van der Waals surface area contributed by atoms with Crippen molar-refractivity contribution in [2.45, 2.75) is 105 Å². The summed E-state index contributed by atoms with van der Waals surface area (Å²) in [4.78, 5) is 59.3. The van der Waals surface area contributed by atoms with Crippen LogP contribution in [0.1, 0.15) is 81.4 Å². The van der Waals surface area contributed by atoms with Crippen molar-refractivity contribution >= 4 is 46.3 Å². The van der Waals surface area contributed by atoms with Crippen LogP contribution in [0, 0.1) is 0 Å². The van der Waals surface area contributed by atoms with E-state index in [9.17, 15) is 24.3 Å². The third-order valence-corrected chi connectivity index (χ3v) is 7.44. The summed E-state index contributed by atoms with van der Waals surface area (Å²) in [5, 5.41) is 20.4. The van der Waals surface area contributed by atoms with Gasteiger partial charge in [0.05, 0.1) is 18.3 Å². The lowest BCUT2D eigenvalue weighted by atomic mass is 10.1. The van der Waals surface area contributed by atoms with Gasteiger partial charge in [0.2, 0.25) is 11.9 Å². The molecule has 0 radical (unpaired) electrons. The van der Waals surface area contributed by atoms with E-state index in [-0.39, 0.29) is 17.4 Å². The van der Waals surface area contributed by atoms with Crippen molar-refractivity contribution < 1.29 is 52.8 Å². The molecule has 0 bridgehead atoms. The van der Waals surface area contributed by atoms with Crippen LogP contribution in [0.2, 0.25) is 0 Å². The minimum Gasteiger partial charge on any atom is -0.489 e. The summed E-state index contributed by atoms with van der Waals surface area (Å²) in [6.07, 6.45) is 3.45. The van der Waals surface area contributed by atoms with Gasteiger partial charge in [-0.05, 0) is 93.4 Å². The molecule has 2 amide bonds. The van der Waals surface area contributed by atoms with Crippen molar-refractivity contribution in [3.05, 3.63) is 47.7 Å². The number of aryl methyl sites for hydroxylation is 2. The largest absolute Gasteiger partial charge is 0.489 e. The van der Waals surface area contributed by atoms with Gasteiger partial charge >= 0.3 is 24.1 Å². The molecule has 3 aromatic rings. The van der Waals surface area contributed by atoms with Crippen molar-refractivity contribution in [2.24, 2.45) is 12.2 Å². The van der Waals surface area contributed by atoms with E-state index in [4.69, 9.17) is 23.8 Å². The second-order valence-electron chi connectivity index (χ2n) is 15.3. The first-order valence-electron chi connectivity index (χ1n) is 16.9. The van der Waals surface area contributed by atoms with Crippen molar-refractivity contribution in [3.8, 4) is 16.9 Å². The Labute approximate surface area is 313 Å². The lowest BCUT2D eigenvalue weighted by molar-refractivity contribution is -0.753. The number of amides is 2. The van der Waals surface area contributed by atoms with Crippen LogP contribution in [0.3, 0.4) is 0 Å². The molecule has 1 atom stereocenters. The zero-order valence-electron chi connectivity index (χ0n) is 32.2. The van der Waals surface area contributed by atoms with Crippen LogP contribution in [0.4, 0.5) is 14.7 Å². The smallest absolute Gasteiger partial charge is 0.413 e. The summed E-state index contributed by atoms with van der Waals surface area (Å²) in [6.45, 7) is 17.7. The summed E-state index contributed by atoms with van der Waals surface area (Å²) < 4.78 is 26.0. The summed E-state index contributed by atoms with van der Waals surface area (Å²) in [5.74, 6) is -1.92. The number of hydrogen-bond donors (Lipinski definition) is 3. The summed E-state index contributed by atoms with van der Waals surface area (Å²) >= 11 is 0.953. The third kappa shape index (κ3) is 14.0. The molecule has 1 unspecified atom stereocenters. The summed E-state index contributed by atoms with van der Waals surface area (Å²) in [7, 11) is 1.92. The number of nitrogens with zero attached hydrogens (tertiary/aromatic N) is 4. The average molecular weight is 760 g/mol. The molecule has 2 aromatic heterocycles. The van der Waals surface area contributed by atoms with Gasteiger partial charge in [-0.15, -0.1) is 16.0 Å². The molecule has 0 saturated heterocycles. The van der Waals surface area contributed by atoms with Crippen LogP contribution in [0.15, 0.2) is 47.2 Å². The normalized spacial score (nSPS) is 13.4. The Morgan fingerprint density at radius 1 is 0.887 bits per heavy atom. The van der Waals surface area contributed by atoms with Crippen LogP contribution in [-0.4, -0.2) is 80.2 Å². The molecule has 1 aromatic carbocycles. The number of ether oxygens (including phenoxy) is 4. The Hall–Kier alpha value is -5.19. The number of aromatic nitrogens is 3. The number of nitrogens with one attached hydrogen (secondary N) is 2. The molecule has 0 fully saturated rings. The Morgan fingerprint density at radius 2 is 1.49 bits per heavy atom. The van der Waals surface area contributed by atoms with E-state index < -0.39 is 52.2 Å². The fraction of sp³-hybridized carbons (Fsp3) is 0.528. The molecule has 0 aliphatic carbocycles. The molecule has 2 heterocycles. The second kappa shape index (κ2) is 17.1. The number of carboxylic acid groups (broad SMARTS) is 1. The van der Waals surface area contributed by atoms with Crippen molar-refractivity contribution in [1.82, 2.24) is 15.0 Å². The SMILES string of the molecule is C[n+]1cc(-c2ccc(OCC(C)(ON=C(C(=O)O)c3csc(NC(=O)OC(C)(C)C)n3)C(=O)OC(C)(C)C)cc2)cn1CCCNC(=O)OC(C)(C)C. The molecule has 0 aliphatic rings. The Morgan fingerprint density at radius 3 is 2.08 bits per heavy atom. The molecule has 0 saturated carbocycles. The molecule has 0 aliphatic heterocycles. The van der Waals surface area contributed by atoms with Gasteiger partial charge in [0, 0.05) is 11.9 Å². The van der Waals surface area contributed by atoms with E-state index in [1.165, 1.54) is 12.3 Å². The van der Waals surface area contributed by atoms with Gasteiger partial charge in [-0.2, -0.15) is 4.68 Å². The fourth-order valence-corrected chi connectivity index (χ4v) is 5.00. The maximum absolute atomic E-state index is 13.4. The Bertz CT molecular complexity index is 1780. The first kappa shape index (κ1) is 42.2. The Kier molecular flexibility index (Phi) is 13.6. The number of anilines is 1. The maximum Gasteiger partial charge on any atom is 0.413 e. The minimum atomic E-state index is -1.89. The van der Waals surface area contributed by atoms with Crippen molar-refractivity contribution in [3.63, 3.8) is 0 Å². The summed E-state index contributed by atoms with van der Waals surface area (Å²) in [6, 6.07) is 7.17. The predicted octanol–water partition coefficient (Wildman–Crippen LogP) is 5.68. The number of esters is 1. The number of alkyl carbamates (subject to hydrolysis) is 1. The molecule has 17 heteroatoms. The quantitative estimate of drug-likeness (QED) is 0.0457. The van der Waals surface area contributed by atoms with Gasteiger partial charge in [0.15, 0.2) is 12.2 Å². The van der Waals surface area contributed by atoms with E-state index in [2.05, 4.69) is 20.8 Å². The predicted molar refractivity (Wildman–Crippen MR) is 197 cm³/mol. The number of oxime groups is 1. The monoisotopic (exact) mass is 759 g/mol. The molecule has 3 rings (SSSR count). The molecule has 16 nitrogen and oxygen atoms in total. The van der Waals surface area contributed by atoms with E-state index >= 15 is 0 Å². The molecule has 3 N–H and O–H groups in total. The average Bonchev–Trinajstić information content (AvgIpc) is 3.61. The van der Waals surface area contributed by atoms with Gasteiger partial charge in [0.25, 0.3) is 5.60 Å². The number of hydrogen-bond acceptors (Lipinski definition) is 12. The molecular weight excluding hydrogens is 708 g/mol. The highest BCUT2D eigenvalue weighted by Gasteiger charge is 2.42. The number of benzene rings is 1. The van der Waals surface area contributed by atoms with Gasteiger partial charge in [-0.25, -0.2) is 24.2 Å². The standard InChI is InChI=1S/C36H50N6O10S/c1-33(2,3)49-29(45)36(10,52-40-27(28(43)44)26-21-53-30(38-26)39-32(47)51-35(7,8)9)22-48-25-15-13-23(14-16-25)24-19-41(11)42(20-24)18-12-17-37-31(46)50-34(4,5)6/h13-16,19-21H,12,17-18,22H2,1-11H3,(H2-,37,38,39,43,44,46,47)/p+1. The molecule has 0 spiro atoms. The number of thiazole rings is 1. The number of carboxylic acids is 1. The molecule has 290 valence electrons. The minimum absolute atomic E-state index is 0.0720. The maximum atomic E-state index is 13.4. The van der Waals surface area contributed by atoms with E-state index in [1.54, 1.807) is 53.7 Å². The zero-order valence-corrected chi connectivity index (χ0v) is 33.0. The van der Waals surface area contributed by atoms with Crippen LogP contribution in [-0.2, 0) is 42.2 Å². The molecule has 53 heavy (non-hydrogen) atoms. The van der Waals surface area contributed by atoms with E-state index in [0.29, 0.717) is 25.3 Å². The van der Waals surface area contributed by atoms with E-state index in [1.807, 2.05) is 61.7 Å². The van der Waals surface area contributed by atoms with Gasteiger partial charge in [-0.3, -0.25) is 5.32 Å². The van der Waals surface area contributed by atoms with Crippen LogP contribution < -0.4 is 20.1 Å². The molecular formula is C36H51N6O10S+. The fourth-order valence-electron chi connectivity index (χ4n) is 4.32. The highest BCUT2D eigenvalue weighted by Crippen LogP contribution is 2.25.